The number of nitrogens with one attached hydrogen (secondary N) is 1. The first kappa shape index (κ1) is 22.6. The van der Waals surface area contributed by atoms with Crippen molar-refractivity contribution in [2.45, 2.75) is 34.1 Å². The molecule has 0 radical (unpaired) electrons. The molecule has 0 spiro atoms. The van der Waals surface area contributed by atoms with Crippen molar-refractivity contribution in [1.82, 2.24) is 4.90 Å². The molecule has 0 bridgehead atoms. The highest BCUT2D eigenvalue weighted by atomic mass is 16.5. The van der Waals surface area contributed by atoms with Crippen LogP contribution in [0.4, 0.5) is 5.69 Å². The number of ether oxygens (including phenoxy) is 2. The van der Waals surface area contributed by atoms with Gasteiger partial charge in [-0.15, -0.1) is 0 Å². The van der Waals surface area contributed by atoms with Gasteiger partial charge in [0.05, 0.1) is 17.9 Å². The van der Waals surface area contributed by atoms with Crippen molar-refractivity contribution in [2.24, 2.45) is 0 Å². The van der Waals surface area contributed by atoms with E-state index >= 15 is 0 Å². The fourth-order valence-corrected chi connectivity index (χ4v) is 3.69. The maximum atomic E-state index is 13.4. The minimum Gasteiger partial charge on any atom is -0.492 e. The van der Waals surface area contributed by atoms with Gasteiger partial charge >= 0.3 is 0 Å². The number of amides is 2. The van der Waals surface area contributed by atoms with Gasteiger partial charge in [-0.2, -0.15) is 0 Å². The normalized spacial score (nSPS) is 13.9. The van der Waals surface area contributed by atoms with E-state index in [-0.39, 0.29) is 17.5 Å². The quantitative estimate of drug-likeness (QED) is 0.456. The van der Waals surface area contributed by atoms with Crippen LogP contribution in [0.1, 0.15) is 37.0 Å². The van der Waals surface area contributed by atoms with Crippen LogP contribution in [0.25, 0.3) is 5.57 Å². The SMILES string of the molecule is CCOCCCN1C(=O)C(Nc2ccccc2OCC)=C(c2ccc(C)cc2C)C1=O. The predicted molar refractivity (Wildman–Crippen MR) is 122 cm³/mol. The molecule has 0 saturated heterocycles. The number of carbonyl (C=O) groups excluding carboxylic acids is 2. The number of hydrogen-bond donors (Lipinski definition) is 1. The number of para-hydroxylation sites is 2. The second-order valence-electron chi connectivity index (χ2n) is 7.43. The van der Waals surface area contributed by atoms with Gasteiger partial charge < -0.3 is 14.8 Å². The van der Waals surface area contributed by atoms with E-state index in [1.165, 1.54) is 4.90 Å². The highest BCUT2D eigenvalue weighted by molar-refractivity contribution is 6.36. The molecule has 3 rings (SSSR count). The molecule has 1 aliphatic rings. The monoisotopic (exact) mass is 422 g/mol. The topological polar surface area (TPSA) is 67.9 Å². The molecule has 1 N–H and O–H groups in total. The summed E-state index contributed by atoms with van der Waals surface area (Å²) in [5.41, 5.74) is 4.13. The van der Waals surface area contributed by atoms with Gasteiger partial charge in [0.1, 0.15) is 11.4 Å². The number of hydrogen-bond acceptors (Lipinski definition) is 5. The Morgan fingerprint density at radius 3 is 2.45 bits per heavy atom. The number of carbonyl (C=O) groups is 2. The first-order valence-electron chi connectivity index (χ1n) is 10.7. The van der Waals surface area contributed by atoms with Crippen LogP contribution in [0.2, 0.25) is 0 Å². The smallest absolute Gasteiger partial charge is 0.278 e. The van der Waals surface area contributed by atoms with Crippen LogP contribution in [0, 0.1) is 13.8 Å². The summed E-state index contributed by atoms with van der Waals surface area (Å²) in [7, 11) is 0. The highest BCUT2D eigenvalue weighted by Crippen LogP contribution is 2.34. The van der Waals surface area contributed by atoms with Gasteiger partial charge in [0.15, 0.2) is 0 Å². The summed E-state index contributed by atoms with van der Waals surface area (Å²) in [6.45, 7) is 9.70. The molecular formula is C25H30N2O4. The first-order valence-corrected chi connectivity index (χ1v) is 10.7. The molecule has 1 aliphatic heterocycles. The molecule has 1 heterocycles. The zero-order valence-corrected chi connectivity index (χ0v) is 18.7. The van der Waals surface area contributed by atoms with Crippen LogP contribution < -0.4 is 10.1 Å². The zero-order valence-electron chi connectivity index (χ0n) is 18.7. The minimum atomic E-state index is -0.331. The van der Waals surface area contributed by atoms with E-state index in [0.717, 1.165) is 16.7 Å². The molecule has 0 atom stereocenters. The molecule has 6 nitrogen and oxygen atoms in total. The van der Waals surface area contributed by atoms with Crippen LogP contribution >= 0.6 is 0 Å². The fraction of sp³-hybridized carbons (Fsp3) is 0.360. The lowest BCUT2D eigenvalue weighted by atomic mass is 9.97. The van der Waals surface area contributed by atoms with E-state index in [9.17, 15) is 9.59 Å². The number of rotatable bonds is 10. The summed E-state index contributed by atoms with van der Waals surface area (Å²) >= 11 is 0. The Kier molecular flexibility index (Phi) is 7.47. The maximum absolute atomic E-state index is 13.4. The summed E-state index contributed by atoms with van der Waals surface area (Å²) in [5.74, 6) is 0.0140. The van der Waals surface area contributed by atoms with E-state index in [0.29, 0.717) is 49.8 Å². The Hall–Kier alpha value is -3.12. The summed E-state index contributed by atoms with van der Waals surface area (Å²) in [5, 5.41) is 3.21. The van der Waals surface area contributed by atoms with Crippen molar-refractivity contribution >= 4 is 23.1 Å². The molecule has 2 aromatic carbocycles. The van der Waals surface area contributed by atoms with Crippen LogP contribution in [0.5, 0.6) is 5.75 Å². The summed E-state index contributed by atoms with van der Waals surface area (Å²) in [4.78, 5) is 28.0. The van der Waals surface area contributed by atoms with Gasteiger partial charge in [0.2, 0.25) is 0 Å². The third-order valence-electron chi connectivity index (χ3n) is 5.14. The molecule has 2 aromatic rings. The van der Waals surface area contributed by atoms with Crippen LogP contribution in [-0.2, 0) is 14.3 Å². The van der Waals surface area contributed by atoms with Crippen molar-refractivity contribution in [2.75, 3.05) is 31.7 Å². The molecular weight excluding hydrogens is 392 g/mol. The highest BCUT2D eigenvalue weighted by Gasteiger charge is 2.39. The van der Waals surface area contributed by atoms with Crippen molar-refractivity contribution < 1.29 is 19.1 Å². The van der Waals surface area contributed by atoms with E-state index in [4.69, 9.17) is 9.47 Å². The molecule has 31 heavy (non-hydrogen) atoms. The van der Waals surface area contributed by atoms with Crippen molar-refractivity contribution in [1.29, 1.82) is 0 Å². The van der Waals surface area contributed by atoms with E-state index in [2.05, 4.69) is 5.32 Å². The van der Waals surface area contributed by atoms with Crippen LogP contribution in [-0.4, -0.2) is 43.1 Å². The molecule has 0 aliphatic carbocycles. The third kappa shape index (κ3) is 4.97. The molecule has 0 fully saturated rings. The van der Waals surface area contributed by atoms with Crippen molar-refractivity contribution in [3.63, 3.8) is 0 Å². The standard InChI is InChI=1S/C25H30N2O4/c1-5-30-15-9-14-27-24(28)22(19-13-12-17(3)16-18(19)4)23(25(27)29)26-20-10-7-8-11-21(20)31-6-2/h7-8,10-13,16,26H,5-6,9,14-15H2,1-4H3. The van der Waals surface area contributed by atoms with E-state index in [1.807, 2.05) is 70.2 Å². The Morgan fingerprint density at radius 1 is 0.968 bits per heavy atom. The molecule has 0 aromatic heterocycles. The van der Waals surface area contributed by atoms with Gasteiger partial charge in [-0.25, -0.2) is 0 Å². The second-order valence-corrected chi connectivity index (χ2v) is 7.43. The Bertz CT molecular complexity index is 997. The van der Waals surface area contributed by atoms with Gasteiger partial charge in [0, 0.05) is 19.8 Å². The lowest BCUT2D eigenvalue weighted by Crippen LogP contribution is -2.34. The van der Waals surface area contributed by atoms with Crippen molar-refractivity contribution in [3.05, 3.63) is 64.9 Å². The molecule has 0 saturated carbocycles. The maximum Gasteiger partial charge on any atom is 0.278 e. The van der Waals surface area contributed by atoms with Crippen molar-refractivity contribution in [3.8, 4) is 5.75 Å². The lowest BCUT2D eigenvalue weighted by molar-refractivity contribution is -0.137. The van der Waals surface area contributed by atoms with E-state index < -0.39 is 0 Å². The van der Waals surface area contributed by atoms with Gasteiger partial charge in [0.25, 0.3) is 11.8 Å². The van der Waals surface area contributed by atoms with Crippen LogP contribution in [0.15, 0.2) is 48.2 Å². The van der Waals surface area contributed by atoms with Gasteiger partial charge in [-0.1, -0.05) is 35.9 Å². The lowest BCUT2D eigenvalue weighted by Gasteiger charge is -2.16. The minimum absolute atomic E-state index is 0.278. The number of aryl methyl sites for hydroxylation is 2. The average Bonchev–Trinajstić information content (AvgIpc) is 2.97. The Balaban J connectivity index is 2.01. The summed E-state index contributed by atoms with van der Waals surface area (Å²) in [6.07, 6.45) is 0.592. The van der Waals surface area contributed by atoms with E-state index in [1.54, 1.807) is 0 Å². The predicted octanol–water partition coefficient (Wildman–Crippen LogP) is 4.32. The summed E-state index contributed by atoms with van der Waals surface area (Å²) in [6, 6.07) is 13.3. The Labute approximate surface area is 183 Å². The van der Waals surface area contributed by atoms with Crippen LogP contribution in [0.3, 0.4) is 0 Å². The largest absolute Gasteiger partial charge is 0.492 e. The second kappa shape index (κ2) is 10.3. The fourth-order valence-electron chi connectivity index (χ4n) is 3.69. The molecule has 0 unspecified atom stereocenters. The average molecular weight is 423 g/mol. The van der Waals surface area contributed by atoms with Gasteiger partial charge in [-0.3, -0.25) is 14.5 Å². The first-order chi connectivity index (χ1) is 15.0. The number of anilines is 1. The third-order valence-corrected chi connectivity index (χ3v) is 5.14. The number of benzene rings is 2. The Morgan fingerprint density at radius 2 is 1.74 bits per heavy atom. The number of imide groups is 1. The molecule has 2 amide bonds. The zero-order chi connectivity index (χ0) is 22.4. The molecule has 6 heteroatoms. The summed E-state index contributed by atoms with van der Waals surface area (Å²) < 4.78 is 11.1. The number of nitrogens with zero attached hydrogens (tertiary/aromatic N) is 1. The molecule has 164 valence electrons. The van der Waals surface area contributed by atoms with Gasteiger partial charge in [-0.05, 0) is 57.4 Å².